The lowest BCUT2D eigenvalue weighted by Crippen LogP contribution is -2.41. The molecule has 0 radical (unpaired) electrons. The molecule has 1 aliphatic rings. The molecule has 1 amide bonds. The van der Waals surface area contributed by atoms with Crippen molar-refractivity contribution >= 4 is 5.91 Å². The van der Waals surface area contributed by atoms with E-state index in [-0.39, 0.29) is 5.91 Å². The van der Waals surface area contributed by atoms with Crippen LogP contribution >= 0.6 is 0 Å². The first-order valence-electron chi connectivity index (χ1n) is 7.13. The Kier molecular flexibility index (Phi) is 4.58. The number of piperidine rings is 1. The van der Waals surface area contributed by atoms with E-state index in [0.29, 0.717) is 17.5 Å². The molecule has 0 saturated carbocycles. The van der Waals surface area contributed by atoms with Crippen molar-refractivity contribution in [2.75, 3.05) is 19.6 Å². The Morgan fingerprint density at radius 2 is 2.42 bits per heavy atom. The summed E-state index contributed by atoms with van der Waals surface area (Å²) in [5.41, 5.74) is 1.61. The zero-order chi connectivity index (χ0) is 13.8. The summed E-state index contributed by atoms with van der Waals surface area (Å²) in [6, 6.07) is 1.88. The maximum absolute atomic E-state index is 12.2. The Morgan fingerprint density at radius 1 is 1.63 bits per heavy atom. The monoisotopic (exact) mass is 264 g/mol. The van der Waals surface area contributed by atoms with E-state index in [4.69, 9.17) is 0 Å². The number of amides is 1. The van der Waals surface area contributed by atoms with Gasteiger partial charge in [-0.1, -0.05) is 13.8 Å². The molecule has 1 saturated heterocycles. The van der Waals surface area contributed by atoms with Crippen molar-refractivity contribution in [1.29, 1.82) is 0 Å². The summed E-state index contributed by atoms with van der Waals surface area (Å²) in [5, 5.41) is 10.7. The second-order valence-corrected chi connectivity index (χ2v) is 5.44. The molecule has 0 aromatic carbocycles. The molecular formula is C14H24N4O. The van der Waals surface area contributed by atoms with E-state index in [9.17, 15) is 4.79 Å². The number of carbonyl (C=O) groups excluding carboxylic acids is 1. The van der Waals surface area contributed by atoms with Gasteiger partial charge in [-0.2, -0.15) is 5.10 Å². The minimum absolute atomic E-state index is 0.0135. The average molecular weight is 264 g/mol. The van der Waals surface area contributed by atoms with Gasteiger partial charge in [0, 0.05) is 13.6 Å². The van der Waals surface area contributed by atoms with Crippen LogP contribution < -0.4 is 10.6 Å². The number of aromatic nitrogens is 2. The van der Waals surface area contributed by atoms with Crippen LogP contribution in [0.15, 0.2) is 6.07 Å². The molecular weight excluding hydrogens is 240 g/mol. The molecule has 2 N–H and O–H groups in total. The van der Waals surface area contributed by atoms with E-state index in [1.54, 1.807) is 4.68 Å². The van der Waals surface area contributed by atoms with Gasteiger partial charge in [0.2, 0.25) is 0 Å². The lowest BCUT2D eigenvalue weighted by Gasteiger charge is -2.29. The summed E-state index contributed by atoms with van der Waals surface area (Å²) in [6.45, 7) is 7.14. The molecule has 1 aromatic rings. The molecule has 0 bridgehead atoms. The zero-order valence-electron chi connectivity index (χ0n) is 12.1. The first kappa shape index (κ1) is 14.1. The molecule has 1 aliphatic heterocycles. The van der Waals surface area contributed by atoms with Crippen molar-refractivity contribution in [3.8, 4) is 0 Å². The van der Waals surface area contributed by atoms with Crippen LogP contribution in [0.4, 0.5) is 0 Å². The summed E-state index contributed by atoms with van der Waals surface area (Å²) >= 11 is 0. The molecule has 0 spiro atoms. The fourth-order valence-corrected chi connectivity index (χ4v) is 2.60. The van der Waals surface area contributed by atoms with Gasteiger partial charge in [0.05, 0.1) is 5.69 Å². The fraction of sp³-hybridized carbons (Fsp3) is 0.714. The Bertz CT molecular complexity index is 441. The van der Waals surface area contributed by atoms with Crippen LogP contribution in [0.3, 0.4) is 0 Å². The van der Waals surface area contributed by atoms with Gasteiger partial charge in [-0.15, -0.1) is 0 Å². The molecule has 2 unspecified atom stereocenters. The van der Waals surface area contributed by atoms with Crippen LogP contribution in [-0.4, -0.2) is 35.3 Å². The second kappa shape index (κ2) is 6.19. The Morgan fingerprint density at radius 3 is 3.05 bits per heavy atom. The van der Waals surface area contributed by atoms with Gasteiger partial charge in [0.1, 0.15) is 5.69 Å². The normalized spacial score (nSPS) is 23.3. The average Bonchev–Trinajstić information content (AvgIpc) is 2.79. The Hall–Kier alpha value is -1.36. The van der Waals surface area contributed by atoms with Crippen LogP contribution in [0.1, 0.15) is 36.5 Å². The highest BCUT2D eigenvalue weighted by Crippen LogP contribution is 2.17. The summed E-state index contributed by atoms with van der Waals surface area (Å²) in [5.74, 6) is 1.18. The molecule has 5 nitrogen and oxygen atoms in total. The van der Waals surface area contributed by atoms with E-state index in [2.05, 4.69) is 22.7 Å². The third kappa shape index (κ3) is 3.35. The second-order valence-electron chi connectivity index (χ2n) is 5.44. The van der Waals surface area contributed by atoms with Crippen molar-refractivity contribution in [3.63, 3.8) is 0 Å². The molecule has 2 atom stereocenters. The number of nitrogens with zero attached hydrogens (tertiary/aromatic N) is 2. The minimum Gasteiger partial charge on any atom is -0.350 e. The molecule has 0 aliphatic carbocycles. The molecule has 1 aromatic heterocycles. The first-order chi connectivity index (χ1) is 9.11. The zero-order valence-corrected chi connectivity index (χ0v) is 12.1. The highest BCUT2D eigenvalue weighted by molar-refractivity contribution is 5.92. The van der Waals surface area contributed by atoms with E-state index >= 15 is 0 Å². The summed E-state index contributed by atoms with van der Waals surface area (Å²) in [4.78, 5) is 12.2. The molecule has 19 heavy (non-hydrogen) atoms. The lowest BCUT2D eigenvalue weighted by molar-refractivity contribution is 0.0928. The number of hydrogen-bond acceptors (Lipinski definition) is 3. The van der Waals surface area contributed by atoms with Crippen LogP contribution in [0.2, 0.25) is 0 Å². The van der Waals surface area contributed by atoms with Crippen molar-refractivity contribution < 1.29 is 4.79 Å². The Labute approximate surface area is 114 Å². The van der Waals surface area contributed by atoms with Gasteiger partial charge >= 0.3 is 0 Å². The fourth-order valence-electron chi connectivity index (χ4n) is 2.60. The molecule has 2 rings (SSSR count). The van der Waals surface area contributed by atoms with E-state index < -0.39 is 0 Å². The van der Waals surface area contributed by atoms with Gasteiger partial charge in [-0.3, -0.25) is 9.48 Å². The van der Waals surface area contributed by atoms with Crippen LogP contribution in [0, 0.1) is 11.8 Å². The first-order valence-corrected chi connectivity index (χ1v) is 7.13. The number of rotatable bonds is 4. The third-order valence-electron chi connectivity index (χ3n) is 4.01. The number of nitrogens with one attached hydrogen (secondary N) is 2. The van der Waals surface area contributed by atoms with Gasteiger partial charge in [-0.05, 0) is 43.8 Å². The highest BCUT2D eigenvalue weighted by Gasteiger charge is 2.22. The Balaban J connectivity index is 1.91. The molecule has 106 valence electrons. The van der Waals surface area contributed by atoms with Crippen molar-refractivity contribution in [1.82, 2.24) is 20.4 Å². The lowest BCUT2D eigenvalue weighted by atomic mass is 9.88. The van der Waals surface area contributed by atoms with Gasteiger partial charge in [-0.25, -0.2) is 0 Å². The summed E-state index contributed by atoms with van der Waals surface area (Å²) < 4.78 is 1.67. The van der Waals surface area contributed by atoms with Crippen molar-refractivity contribution in [2.24, 2.45) is 18.9 Å². The largest absolute Gasteiger partial charge is 0.350 e. The van der Waals surface area contributed by atoms with E-state index in [0.717, 1.165) is 38.2 Å². The van der Waals surface area contributed by atoms with Gasteiger partial charge in [0.25, 0.3) is 5.91 Å². The van der Waals surface area contributed by atoms with Crippen LogP contribution in [0.5, 0.6) is 0 Å². The van der Waals surface area contributed by atoms with E-state index in [1.807, 2.05) is 20.0 Å². The molecule has 1 fully saturated rings. The topological polar surface area (TPSA) is 59.0 Å². The maximum Gasteiger partial charge on any atom is 0.269 e. The van der Waals surface area contributed by atoms with E-state index in [1.165, 1.54) is 0 Å². The van der Waals surface area contributed by atoms with Gasteiger partial charge in [0.15, 0.2) is 0 Å². The van der Waals surface area contributed by atoms with Gasteiger partial charge < -0.3 is 10.6 Å². The highest BCUT2D eigenvalue weighted by atomic mass is 16.2. The summed E-state index contributed by atoms with van der Waals surface area (Å²) in [6.07, 6.45) is 1.99. The molecule has 2 heterocycles. The number of aryl methyl sites for hydroxylation is 2. The standard InChI is InChI=1S/C14H24N4O/c1-4-12-7-13(18(3)17-12)14(19)16-9-11-5-6-15-8-10(11)2/h7,10-11,15H,4-6,8-9H2,1-3H3,(H,16,19). The van der Waals surface area contributed by atoms with Crippen LogP contribution in [-0.2, 0) is 13.5 Å². The predicted molar refractivity (Wildman–Crippen MR) is 75.1 cm³/mol. The van der Waals surface area contributed by atoms with Crippen molar-refractivity contribution in [2.45, 2.75) is 26.7 Å². The number of hydrogen-bond donors (Lipinski definition) is 2. The summed E-state index contributed by atoms with van der Waals surface area (Å²) in [7, 11) is 1.82. The number of carbonyl (C=O) groups is 1. The smallest absolute Gasteiger partial charge is 0.269 e. The minimum atomic E-state index is -0.0135. The molecule has 5 heteroatoms. The quantitative estimate of drug-likeness (QED) is 0.851. The van der Waals surface area contributed by atoms with Crippen molar-refractivity contribution in [3.05, 3.63) is 17.5 Å². The van der Waals surface area contributed by atoms with Crippen LogP contribution in [0.25, 0.3) is 0 Å². The maximum atomic E-state index is 12.2. The third-order valence-corrected chi connectivity index (χ3v) is 4.01. The predicted octanol–water partition coefficient (Wildman–Crippen LogP) is 0.958. The SMILES string of the molecule is CCc1cc(C(=O)NCC2CCNCC2C)n(C)n1.